The van der Waals surface area contributed by atoms with E-state index in [2.05, 4.69) is 71.7 Å². The van der Waals surface area contributed by atoms with Crippen molar-refractivity contribution in [3.05, 3.63) is 66.2 Å². The molecule has 0 saturated carbocycles. The number of para-hydroxylation sites is 1. The largest absolute Gasteiger partial charge is 0.354 e. The topological polar surface area (TPSA) is 44.3 Å². The molecule has 5 heteroatoms. The van der Waals surface area contributed by atoms with Crippen molar-refractivity contribution in [1.82, 2.24) is 14.9 Å². The summed E-state index contributed by atoms with van der Waals surface area (Å²) in [4.78, 5) is 14.1. The number of benzene rings is 2. The highest BCUT2D eigenvalue weighted by Gasteiger charge is 2.22. The number of hydrogen-bond donors (Lipinski definition) is 1. The van der Waals surface area contributed by atoms with E-state index in [4.69, 9.17) is 9.97 Å². The van der Waals surface area contributed by atoms with E-state index in [9.17, 15) is 0 Å². The molecule has 0 saturated heterocycles. The molecule has 0 aliphatic carbocycles. The van der Waals surface area contributed by atoms with Crippen LogP contribution >= 0.6 is 0 Å². The highest BCUT2D eigenvalue weighted by molar-refractivity contribution is 5.72. The Kier molecular flexibility index (Phi) is 5.53. The monoisotopic (exact) mass is 373 g/mol. The average molecular weight is 374 g/mol. The second kappa shape index (κ2) is 8.40. The summed E-state index contributed by atoms with van der Waals surface area (Å²) in [6, 6.07) is 21.0. The van der Waals surface area contributed by atoms with Crippen LogP contribution in [0.15, 0.2) is 60.7 Å². The van der Waals surface area contributed by atoms with Gasteiger partial charge in [-0.25, -0.2) is 4.98 Å². The van der Waals surface area contributed by atoms with Crippen LogP contribution in [-0.4, -0.2) is 48.6 Å². The molecule has 0 fully saturated rings. The molecule has 144 valence electrons. The highest BCUT2D eigenvalue weighted by Crippen LogP contribution is 2.35. The van der Waals surface area contributed by atoms with Gasteiger partial charge >= 0.3 is 0 Å². The van der Waals surface area contributed by atoms with Crippen molar-refractivity contribution in [2.45, 2.75) is 12.8 Å². The van der Waals surface area contributed by atoms with Crippen LogP contribution in [0.3, 0.4) is 0 Å². The second-order valence-corrected chi connectivity index (χ2v) is 7.41. The van der Waals surface area contributed by atoms with Crippen LogP contribution in [0, 0.1) is 0 Å². The van der Waals surface area contributed by atoms with Crippen molar-refractivity contribution in [3.63, 3.8) is 0 Å². The molecule has 0 radical (unpaired) electrons. The van der Waals surface area contributed by atoms with Crippen molar-refractivity contribution in [2.24, 2.45) is 0 Å². The van der Waals surface area contributed by atoms with E-state index in [1.807, 2.05) is 18.2 Å². The van der Waals surface area contributed by atoms with Crippen LogP contribution in [0.4, 0.5) is 17.5 Å². The predicted octanol–water partition coefficient (Wildman–Crippen LogP) is 4.20. The summed E-state index contributed by atoms with van der Waals surface area (Å²) in [7, 11) is 4.19. The number of nitrogens with zero attached hydrogens (tertiary/aromatic N) is 4. The fourth-order valence-electron chi connectivity index (χ4n) is 3.58. The summed E-state index contributed by atoms with van der Waals surface area (Å²) >= 11 is 0. The highest BCUT2D eigenvalue weighted by atomic mass is 15.2. The minimum absolute atomic E-state index is 0.694. The Hall–Kier alpha value is -2.92. The minimum Gasteiger partial charge on any atom is -0.354 e. The van der Waals surface area contributed by atoms with E-state index in [0.717, 1.165) is 49.6 Å². The normalized spacial score (nSPS) is 13.0. The quantitative estimate of drug-likeness (QED) is 0.629. The first kappa shape index (κ1) is 18.4. The van der Waals surface area contributed by atoms with Crippen molar-refractivity contribution in [3.8, 4) is 11.3 Å². The zero-order valence-electron chi connectivity index (χ0n) is 16.6. The lowest BCUT2D eigenvalue weighted by atomic mass is 10.1. The summed E-state index contributed by atoms with van der Waals surface area (Å²) in [5.74, 6) is 1.65. The van der Waals surface area contributed by atoms with Crippen LogP contribution in [0.25, 0.3) is 11.3 Å². The van der Waals surface area contributed by atoms with Crippen molar-refractivity contribution < 1.29 is 0 Å². The van der Waals surface area contributed by atoms with E-state index in [1.54, 1.807) is 0 Å². The summed E-state index contributed by atoms with van der Waals surface area (Å²) in [5, 5.41) is 3.42. The van der Waals surface area contributed by atoms with Crippen molar-refractivity contribution in [2.75, 3.05) is 43.9 Å². The first-order valence-corrected chi connectivity index (χ1v) is 9.89. The zero-order chi connectivity index (χ0) is 19.3. The first-order valence-electron chi connectivity index (χ1n) is 9.89. The molecule has 0 atom stereocenters. The maximum absolute atomic E-state index is 4.85. The lowest BCUT2D eigenvalue weighted by molar-refractivity contribution is 0.405. The minimum atomic E-state index is 0.694. The van der Waals surface area contributed by atoms with Crippen LogP contribution < -0.4 is 10.2 Å². The van der Waals surface area contributed by atoms with Gasteiger partial charge in [-0.1, -0.05) is 48.5 Å². The smallest absolute Gasteiger partial charge is 0.225 e. The van der Waals surface area contributed by atoms with E-state index < -0.39 is 0 Å². The standard InChI is InChI=1S/C23H27N5/c1-27(2)15-8-14-24-23-25-20(18-9-4-3-5-10-18)17-22(26-23)28-16-13-19-11-6-7-12-21(19)28/h3-7,9-12,17H,8,13-16H2,1-2H3,(H,24,25,26). The molecule has 5 nitrogen and oxygen atoms in total. The molecule has 1 aromatic heterocycles. The molecule has 3 aromatic rings. The van der Waals surface area contributed by atoms with Crippen molar-refractivity contribution in [1.29, 1.82) is 0 Å². The lowest BCUT2D eigenvalue weighted by Crippen LogP contribution is -2.19. The van der Waals surface area contributed by atoms with Gasteiger partial charge in [0.25, 0.3) is 0 Å². The molecule has 4 rings (SSSR count). The third-order valence-electron chi connectivity index (χ3n) is 5.01. The number of fused-ring (bicyclic) bond motifs is 1. The molecular formula is C23H27N5. The van der Waals surface area contributed by atoms with Gasteiger partial charge < -0.3 is 15.1 Å². The summed E-state index contributed by atoms with van der Waals surface area (Å²) in [5.41, 5.74) is 4.68. The fourth-order valence-corrected chi connectivity index (χ4v) is 3.58. The fraction of sp³-hybridized carbons (Fsp3) is 0.304. The second-order valence-electron chi connectivity index (χ2n) is 7.41. The number of hydrogen-bond acceptors (Lipinski definition) is 5. The Bertz CT molecular complexity index is 923. The van der Waals surface area contributed by atoms with Gasteiger partial charge in [0, 0.05) is 30.4 Å². The first-order chi connectivity index (χ1) is 13.7. The summed E-state index contributed by atoms with van der Waals surface area (Å²) in [6.45, 7) is 2.84. The Balaban J connectivity index is 1.65. The number of rotatable bonds is 7. The maximum Gasteiger partial charge on any atom is 0.225 e. The molecule has 1 aliphatic rings. The summed E-state index contributed by atoms with van der Waals surface area (Å²) < 4.78 is 0. The Morgan fingerprint density at radius 3 is 2.61 bits per heavy atom. The van der Waals surface area contributed by atoms with Gasteiger partial charge in [-0.15, -0.1) is 0 Å². The molecular weight excluding hydrogens is 346 g/mol. The maximum atomic E-state index is 4.85. The van der Waals surface area contributed by atoms with E-state index in [0.29, 0.717) is 5.95 Å². The SMILES string of the molecule is CN(C)CCCNc1nc(-c2ccccc2)cc(N2CCc3ccccc32)n1. The molecule has 1 aliphatic heterocycles. The molecule has 28 heavy (non-hydrogen) atoms. The van der Waals surface area contributed by atoms with E-state index >= 15 is 0 Å². The third-order valence-corrected chi connectivity index (χ3v) is 5.01. The number of nitrogens with one attached hydrogen (secondary N) is 1. The molecule has 0 amide bonds. The lowest BCUT2D eigenvalue weighted by Gasteiger charge is -2.20. The molecule has 1 N–H and O–H groups in total. The zero-order valence-corrected chi connectivity index (χ0v) is 16.6. The predicted molar refractivity (Wildman–Crippen MR) is 116 cm³/mol. The molecule has 0 unspecified atom stereocenters. The Morgan fingerprint density at radius 1 is 1.00 bits per heavy atom. The molecule has 0 bridgehead atoms. The van der Waals surface area contributed by atoms with Gasteiger partial charge in [-0.05, 0) is 45.1 Å². The van der Waals surface area contributed by atoms with Crippen LogP contribution in [0.2, 0.25) is 0 Å². The van der Waals surface area contributed by atoms with Gasteiger partial charge in [0.1, 0.15) is 5.82 Å². The number of anilines is 3. The summed E-state index contributed by atoms with van der Waals surface area (Å²) in [6.07, 6.45) is 2.10. The van der Waals surface area contributed by atoms with E-state index in [-0.39, 0.29) is 0 Å². The Morgan fingerprint density at radius 2 is 1.79 bits per heavy atom. The molecule has 2 heterocycles. The Labute approximate surface area is 167 Å². The third kappa shape index (κ3) is 4.15. The molecule has 0 spiro atoms. The van der Waals surface area contributed by atoms with Crippen molar-refractivity contribution >= 4 is 17.5 Å². The van der Waals surface area contributed by atoms with Gasteiger partial charge in [0.2, 0.25) is 5.95 Å². The van der Waals surface area contributed by atoms with Crippen LogP contribution in [-0.2, 0) is 6.42 Å². The van der Waals surface area contributed by atoms with Gasteiger partial charge in [-0.2, -0.15) is 4.98 Å². The van der Waals surface area contributed by atoms with Crippen LogP contribution in [0.5, 0.6) is 0 Å². The molecule has 2 aromatic carbocycles. The van der Waals surface area contributed by atoms with Gasteiger partial charge in [0.05, 0.1) is 5.69 Å². The average Bonchev–Trinajstić information content (AvgIpc) is 3.16. The van der Waals surface area contributed by atoms with E-state index in [1.165, 1.54) is 11.3 Å². The van der Waals surface area contributed by atoms with Gasteiger partial charge in [-0.3, -0.25) is 0 Å². The number of aromatic nitrogens is 2. The van der Waals surface area contributed by atoms with Crippen LogP contribution in [0.1, 0.15) is 12.0 Å². The van der Waals surface area contributed by atoms with Gasteiger partial charge in [0.15, 0.2) is 0 Å².